The molecule has 0 spiro atoms. The number of hydrogen-bond donors (Lipinski definition) is 1. The first kappa shape index (κ1) is 16.6. The predicted octanol–water partition coefficient (Wildman–Crippen LogP) is 5.43. The number of hydrogen-bond acceptors (Lipinski definition) is 1. The van der Waals surface area contributed by atoms with Crippen molar-refractivity contribution in [2.75, 3.05) is 0 Å². The average Bonchev–Trinajstić information content (AvgIpc) is 2.37. The minimum absolute atomic E-state index is 0.313. The molecule has 0 bridgehead atoms. The Morgan fingerprint density at radius 2 is 1.85 bits per heavy atom. The Morgan fingerprint density at radius 3 is 2.45 bits per heavy atom. The van der Waals surface area contributed by atoms with Crippen molar-refractivity contribution in [3.05, 3.63) is 58.9 Å². The lowest BCUT2D eigenvalue weighted by Gasteiger charge is -2.32. The zero-order valence-corrected chi connectivity index (χ0v) is 13.7. The summed E-state index contributed by atoms with van der Waals surface area (Å²) in [7, 11) is 0. The topological polar surface area (TPSA) is 26.0 Å². The highest BCUT2D eigenvalue weighted by Gasteiger charge is 2.26. The van der Waals surface area contributed by atoms with E-state index < -0.39 is 0 Å². The van der Waals surface area contributed by atoms with E-state index in [9.17, 15) is 0 Å². The lowest BCUT2D eigenvalue weighted by atomic mass is 9.72. The minimum Gasteiger partial charge on any atom is -0.404 e. The van der Waals surface area contributed by atoms with Gasteiger partial charge in [-0.2, -0.15) is 0 Å². The fourth-order valence-electron chi connectivity index (χ4n) is 2.69. The molecule has 1 rings (SSSR count). The number of allylic oxidation sites excluding steroid dienone is 9. The SMILES string of the molecule is CC1=C(/C=C/C(C)=C/C=C/C(C)=C/N)C(C)(C)CCC1. The van der Waals surface area contributed by atoms with Gasteiger partial charge in [-0.15, -0.1) is 0 Å². The monoisotopic (exact) mass is 271 g/mol. The van der Waals surface area contributed by atoms with Crippen LogP contribution < -0.4 is 5.73 Å². The lowest BCUT2D eigenvalue weighted by Crippen LogP contribution is -2.19. The summed E-state index contributed by atoms with van der Waals surface area (Å²) in [6, 6.07) is 0. The molecule has 110 valence electrons. The Hall–Kier alpha value is -1.50. The molecule has 0 heterocycles. The van der Waals surface area contributed by atoms with Gasteiger partial charge in [0, 0.05) is 0 Å². The largest absolute Gasteiger partial charge is 0.404 e. The molecule has 1 heteroatoms. The smallest absolute Gasteiger partial charge is 0.00325 e. The standard InChI is InChI=1S/C19H29N/c1-15(8-6-9-16(2)14-20)11-12-18-17(3)10-7-13-19(18,4)5/h6,8-9,11-12,14H,7,10,13,20H2,1-5H3/b9-6+,12-11+,15-8+,16-14+. The summed E-state index contributed by atoms with van der Waals surface area (Å²) in [4.78, 5) is 0. The Balaban J connectivity index is 2.81. The number of nitrogens with two attached hydrogens (primary N) is 1. The van der Waals surface area contributed by atoms with Gasteiger partial charge in [0.1, 0.15) is 0 Å². The first-order valence-electron chi connectivity index (χ1n) is 7.48. The Kier molecular flexibility index (Phi) is 6.06. The Labute approximate surface area is 124 Å². The second-order valence-electron chi connectivity index (χ2n) is 6.45. The summed E-state index contributed by atoms with van der Waals surface area (Å²) in [6.07, 6.45) is 16.2. The second kappa shape index (κ2) is 7.33. The van der Waals surface area contributed by atoms with Crippen molar-refractivity contribution in [3.63, 3.8) is 0 Å². The molecule has 0 aromatic rings. The zero-order valence-electron chi connectivity index (χ0n) is 13.7. The summed E-state index contributed by atoms with van der Waals surface area (Å²) in [5, 5.41) is 0. The second-order valence-corrected chi connectivity index (χ2v) is 6.45. The third kappa shape index (κ3) is 4.88. The van der Waals surface area contributed by atoms with Crippen LogP contribution in [0.25, 0.3) is 0 Å². The van der Waals surface area contributed by atoms with Gasteiger partial charge < -0.3 is 5.73 Å². The molecule has 0 unspecified atom stereocenters. The quantitative estimate of drug-likeness (QED) is 0.677. The highest BCUT2D eigenvalue weighted by Crippen LogP contribution is 2.40. The summed E-state index contributed by atoms with van der Waals surface area (Å²) in [5.74, 6) is 0. The van der Waals surface area contributed by atoms with E-state index in [0.29, 0.717) is 5.41 Å². The van der Waals surface area contributed by atoms with Crippen molar-refractivity contribution < 1.29 is 0 Å². The van der Waals surface area contributed by atoms with E-state index in [2.05, 4.69) is 45.9 Å². The van der Waals surface area contributed by atoms with E-state index in [1.54, 1.807) is 11.8 Å². The van der Waals surface area contributed by atoms with Gasteiger partial charge in [0.15, 0.2) is 0 Å². The van der Waals surface area contributed by atoms with Crippen LogP contribution in [0.1, 0.15) is 53.9 Å². The predicted molar refractivity (Wildman–Crippen MR) is 90.3 cm³/mol. The van der Waals surface area contributed by atoms with E-state index in [-0.39, 0.29) is 0 Å². The summed E-state index contributed by atoms with van der Waals surface area (Å²) >= 11 is 0. The van der Waals surface area contributed by atoms with Gasteiger partial charge in [0.25, 0.3) is 0 Å². The van der Waals surface area contributed by atoms with Gasteiger partial charge in [0.2, 0.25) is 0 Å². The molecule has 20 heavy (non-hydrogen) atoms. The molecule has 0 atom stereocenters. The zero-order chi connectivity index (χ0) is 15.2. The van der Waals surface area contributed by atoms with E-state index in [0.717, 1.165) is 5.57 Å². The van der Waals surface area contributed by atoms with Crippen LogP contribution in [0.2, 0.25) is 0 Å². The highest BCUT2D eigenvalue weighted by atomic mass is 14.5. The fraction of sp³-hybridized carbons (Fsp3) is 0.474. The maximum Gasteiger partial charge on any atom is -0.00325 e. The molecule has 0 aliphatic heterocycles. The molecule has 0 amide bonds. The third-order valence-electron chi connectivity index (χ3n) is 4.04. The third-order valence-corrected chi connectivity index (χ3v) is 4.04. The summed E-state index contributed by atoms with van der Waals surface area (Å²) in [5.41, 5.74) is 11.1. The first-order chi connectivity index (χ1) is 9.36. The maximum absolute atomic E-state index is 5.44. The first-order valence-corrected chi connectivity index (χ1v) is 7.48. The molecule has 1 nitrogen and oxygen atoms in total. The van der Waals surface area contributed by atoms with E-state index in [1.807, 2.05) is 19.1 Å². The van der Waals surface area contributed by atoms with Crippen molar-refractivity contribution in [3.8, 4) is 0 Å². The molecule has 1 aliphatic rings. The normalized spacial score (nSPS) is 21.2. The van der Waals surface area contributed by atoms with Crippen LogP contribution in [-0.2, 0) is 0 Å². The Bertz CT molecular complexity index is 482. The molecule has 0 fully saturated rings. The van der Waals surface area contributed by atoms with E-state index >= 15 is 0 Å². The van der Waals surface area contributed by atoms with Crippen LogP contribution in [0.5, 0.6) is 0 Å². The van der Waals surface area contributed by atoms with Gasteiger partial charge in [-0.05, 0) is 62.8 Å². The van der Waals surface area contributed by atoms with E-state index in [1.165, 1.54) is 30.4 Å². The number of rotatable bonds is 4. The van der Waals surface area contributed by atoms with Gasteiger partial charge in [-0.25, -0.2) is 0 Å². The van der Waals surface area contributed by atoms with Crippen LogP contribution in [0.3, 0.4) is 0 Å². The van der Waals surface area contributed by atoms with Crippen molar-refractivity contribution in [2.24, 2.45) is 11.1 Å². The Morgan fingerprint density at radius 1 is 1.15 bits per heavy atom. The highest BCUT2D eigenvalue weighted by molar-refractivity contribution is 5.37. The van der Waals surface area contributed by atoms with Crippen molar-refractivity contribution in [1.29, 1.82) is 0 Å². The van der Waals surface area contributed by atoms with Crippen molar-refractivity contribution >= 4 is 0 Å². The molecule has 0 saturated carbocycles. The lowest BCUT2D eigenvalue weighted by molar-refractivity contribution is 0.377. The molecule has 0 aromatic heterocycles. The molecule has 0 radical (unpaired) electrons. The van der Waals surface area contributed by atoms with Gasteiger partial charge in [-0.1, -0.05) is 55.4 Å². The van der Waals surface area contributed by atoms with E-state index in [4.69, 9.17) is 5.73 Å². The molecule has 0 aromatic carbocycles. The average molecular weight is 271 g/mol. The van der Waals surface area contributed by atoms with Gasteiger partial charge in [-0.3, -0.25) is 0 Å². The van der Waals surface area contributed by atoms with Crippen molar-refractivity contribution in [1.82, 2.24) is 0 Å². The summed E-state index contributed by atoms with van der Waals surface area (Å²) in [6.45, 7) is 11.1. The molecular weight excluding hydrogens is 242 g/mol. The van der Waals surface area contributed by atoms with Crippen LogP contribution >= 0.6 is 0 Å². The van der Waals surface area contributed by atoms with Crippen LogP contribution in [0.4, 0.5) is 0 Å². The van der Waals surface area contributed by atoms with Crippen LogP contribution in [-0.4, -0.2) is 0 Å². The molecule has 0 saturated heterocycles. The van der Waals surface area contributed by atoms with Crippen molar-refractivity contribution in [2.45, 2.75) is 53.9 Å². The molecular formula is C19H29N. The molecule has 2 N–H and O–H groups in total. The van der Waals surface area contributed by atoms with Crippen LogP contribution in [0, 0.1) is 5.41 Å². The maximum atomic E-state index is 5.44. The molecule has 1 aliphatic carbocycles. The summed E-state index contributed by atoms with van der Waals surface area (Å²) < 4.78 is 0. The fourth-order valence-corrected chi connectivity index (χ4v) is 2.69. The minimum atomic E-state index is 0.313. The van der Waals surface area contributed by atoms with Crippen LogP contribution in [0.15, 0.2) is 58.9 Å². The van der Waals surface area contributed by atoms with Gasteiger partial charge in [0.05, 0.1) is 0 Å². The van der Waals surface area contributed by atoms with Gasteiger partial charge >= 0.3 is 0 Å².